The van der Waals surface area contributed by atoms with E-state index < -0.39 is 73.0 Å². The first-order valence-electron chi connectivity index (χ1n) is 11.2. The number of carbonyl (C=O) groups excluding carboxylic acids is 3. The van der Waals surface area contributed by atoms with Crippen LogP contribution in [0, 0.1) is 0 Å². The topological polar surface area (TPSA) is 184 Å². The molecule has 12 heteroatoms. The highest BCUT2D eigenvalue weighted by Crippen LogP contribution is 2.22. The predicted molar refractivity (Wildman–Crippen MR) is 121 cm³/mol. The fourth-order valence-corrected chi connectivity index (χ4v) is 3.27. The molecule has 0 radical (unpaired) electrons. The van der Waals surface area contributed by atoms with E-state index in [0.717, 1.165) is 0 Å². The van der Waals surface area contributed by atoms with E-state index in [0.29, 0.717) is 5.56 Å². The molecule has 35 heavy (non-hydrogen) atoms. The average molecular weight is 499 g/mol. The number of aliphatic hydroxyl groups is 4. The molecule has 0 saturated carbocycles. The summed E-state index contributed by atoms with van der Waals surface area (Å²) >= 11 is 0. The van der Waals surface area contributed by atoms with Crippen LogP contribution in [0.2, 0.25) is 0 Å². The van der Waals surface area contributed by atoms with Crippen LogP contribution in [0.3, 0.4) is 0 Å². The van der Waals surface area contributed by atoms with Gasteiger partial charge in [0.2, 0.25) is 12.2 Å². The lowest BCUT2D eigenvalue weighted by Gasteiger charge is -2.39. The first-order chi connectivity index (χ1) is 16.3. The molecule has 0 unspecified atom stereocenters. The van der Waals surface area contributed by atoms with E-state index in [9.17, 15) is 34.8 Å². The second kappa shape index (κ2) is 12.3. The Hall–Kier alpha value is -2.77. The molecular formula is C23H34N2O10. The number of amides is 2. The normalized spacial score (nSPS) is 26.2. The number of alkyl carbamates (subject to hydrolysis) is 1. The van der Waals surface area contributed by atoms with Gasteiger partial charge < -0.3 is 45.3 Å². The van der Waals surface area contributed by atoms with Gasteiger partial charge in [-0.3, -0.25) is 4.79 Å². The van der Waals surface area contributed by atoms with Crippen LogP contribution in [0.15, 0.2) is 30.3 Å². The van der Waals surface area contributed by atoms with Crippen molar-refractivity contribution in [3.63, 3.8) is 0 Å². The van der Waals surface area contributed by atoms with E-state index in [4.69, 9.17) is 14.2 Å². The third-order valence-electron chi connectivity index (χ3n) is 5.08. The molecule has 1 aliphatic heterocycles. The van der Waals surface area contributed by atoms with Gasteiger partial charge in [0, 0.05) is 6.42 Å². The van der Waals surface area contributed by atoms with Crippen molar-refractivity contribution in [3.05, 3.63) is 35.9 Å². The molecule has 1 heterocycles. The van der Waals surface area contributed by atoms with Crippen LogP contribution in [-0.4, -0.2) is 93.4 Å². The van der Waals surface area contributed by atoms with Gasteiger partial charge in [-0.15, -0.1) is 0 Å². The Balaban J connectivity index is 2.10. The maximum absolute atomic E-state index is 12.9. The van der Waals surface area contributed by atoms with Crippen molar-refractivity contribution >= 4 is 18.0 Å². The van der Waals surface area contributed by atoms with Gasteiger partial charge in [-0.2, -0.15) is 0 Å². The van der Waals surface area contributed by atoms with E-state index in [-0.39, 0.29) is 6.42 Å². The molecule has 7 atom stereocenters. The summed E-state index contributed by atoms with van der Waals surface area (Å²) in [4.78, 5) is 37.7. The van der Waals surface area contributed by atoms with Gasteiger partial charge >= 0.3 is 12.1 Å². The number of esters is 1. The molecule has 2 amide bonds. The minimum atomic E-state index is -1.80. The Morgan fingerprint density at radius 2 is 1.66 bits per heavy atom. The highest BCUT2D eigenvalue weighted by Gasteiger charge is 2.45. The molecule has 0 aliphatic carbocycles. The Kier molecular flexibility index (Phi) is 9.98. The van der Waals surface area contributed by atoms with E-state index in [1.165, 1.54) is 6.92 Å². The molecule has 0 bridgehead atoms. The van der Waals surface area contributed by atoms with Crippen LogP contribution >= 0.6 is 0 Å². The average Bonchev–Trinajstić information content (AvgIpc) is 2.78. The first-order valence-corrected chi connectivity index (χ1v) is 11.2. The van der Waals surface area contributed by atoms with Gasteiger partial charge in [0.25, 0.3) is 0 Å². The standard InChI is InChI=1S/C23H34N2O10/c1-12(20(31)35-23(2,3)4)24-19(30)14(10-13-8-6-5-7-9-13)25-22(32)34-21-18(29)17(28)16(27)15(11-26)33-21/h5-9,12,14-18,21,26-29H,10-11H2,1-4H3,(H,24,30)(H,25,32)/t12-,14-,15+,16-,17-,18+,21-/m0/s1. The molecule has 6 N–H and O–H groups in total. The summed E-state index contributed by atoms with van der Waals surface area (Å²) in [5, 5.41) is 43.9. The SMILES string of the molecule is C[C@H](NC(=O)[C@H](Cc1ccccc1)NC(=O)O[C@@H]1O[C@H](CO)[C@H](O)[C@H](O)[C@H]1O)C(=O)OC(C)(C)C. The predicted octanol–water partition coefficient (Wildman–Crippen LogP) is -1.03. The Morgan fingerprint density at radius 1 is 1.03 bits per heavy atom. The van der Waals surface area contributed by atoms with E-state index >= 15 is 0 Å². The molecule has 1 fully saturated rings. The zero-order valence-electron chi connectivity index (χ0n) is 20.1. The minimum absolute atomic E-state index is 0.0392. The number of benzene rings is 1. The number of aliphatic hydroxyl groups excluding tert-OH is 4. The quantitative estimate of drug-likeness (QED) is 0.242. The van der Waals surface area contributed by atoms with Crippen molar-refractivity contribution in [3.8, 4) is 0 Å². The number of rotatable bonds is 8. The van der Waals surface area contributed by atoms with Crippen LogP contribution in [0.25, 0.3) is 0 Å². The van der Waals surface area contributed by atoms with Crippen molar-refractivity contribution in [2.75, 3.05) is 6.61 Å². The molecular weight excluding hydrogens is 464 g/mol. The van der Waals surface area contributed by atoms with Crippen LogP contribution in [0.5, 0.6) is 0 Å². The fraction of sp³-hybridized carbons (Fsp3) is 0.609. The smallest absolute Gasteiger partial charge is 0.410 e. The molecule has 1 aliphatic rings. The molecule has 12 nitrogen and oxygen atoms in total. The number of carbonyl (C=O) groups is 3. The lowest BCUT2D eigenvalue weighted by atomic mass is 9.99. The minimum Gasteiger partial charge on any atom is -0.458 e. The summed E-state index contributed by atoms with van der Waals surface area (Å²) in [6.45, 7) is 5.81. The number of hydrogen-bond donors (Lipinski definition) is 6. The molecule has 1 aromatic rings. The molecule has 196 valence electrons. The molecule has 2 rings (SSSR count). The van der Waals surface area contributed by atoms with Gasteiger partial charge in [-0.1, -0.05) is 30.3 Å². The number of nitrogens with one attached hydrogen (secondary N) is 2. The Morgan fingerprint density at radius 3 is 2.23 bits per heavy atom. The summed E-state index contributed by atoms with van der Waals surface area (Å²) in [7, 11) is 0. The Bertz CT molecular complexity index is 858. The van der Waals surface area contributed by atoms with Crippen molar-refractivity contribution < 1.29 is 49.0 Å². The second-order valence-corrected chi connectivity index (χ2v) is 9.25. The molecule has 0 aromatic heterocycles. The Labute approximate surface area is 203 Å². The summed E-state index contributed by atoms with van der Waals surface area (Å²) in [5.74, 6) is -1.36. The monoisotopic (exact) mass is 498 g/mol. The summed E-state index contributed by atoms with van der Waals surface area (Å²) in [6, 6.07) is 6.55. The highest BCUT2D eigenvalue weighted by atomic mass is 16.7. The van der Waals surface area contributed by atoms with Gasteiger partial charge in [0.15, 0.2) is 0 Å². The second-order valence-electron chi connectivity index (χ2n) is 9.25. The van der Waals surface area contributed by atoms with Crippen LogP contribution in [0.4, 0.5) is 4.79 Å². The van der Waals surface area contributed by atoms with E-state index in [1.54, 1.807) is 51.1 Å². The third-order valence-corrected chi connectivity index (χ3v) is 5.08. The van der Waals surface area contributed by atoms with Gasteiger partial charge in [-0.05, 0) is 33.3 Å². The van der Waals surface area contributed by atoms with E-state index in [1.807, 2.05) is 0 Å². The van der Waals surface area contributed by atoms with Crippen molar-refractivity contribution in [2.24, 2.45) is 0 Å². The summed E-state index contributed by atoms with van der Waals surface area (Å²) in [5.41, 5.74) is -0.0572. The van der Waals surface area contributed by atoms with Gasteiger partial charge in [0.1, 0.15) is 42.1 Å². The van der Waals surface area contributed by atoms with Crippen LogP contribution < -0.4 is 10.6 Å². The van der Waals surface area contributed by atoms with Gasteiger partial charge in [0.05, 0.1) is 6.61 Å². The summed E-state index contributed by atoms with van der Waals surface area (Å²) < 4.78 is 15.4. The first kappa shape index (κ1) is 28.5. The largest absolute Gasteiger partial charge is 0.458 e. The van der Waals surface area contributed by atoms with Gasteiger partial charge in [-0.25, -0.2) is 9.59 Å². The fourth-order valence-electron chi connectivity index (χ4n) is 3.27. The summed E-state index contributed by atoms with van der Waals surface area (Å²) in [6.07, 6.45) is -9.28. The van der Waals surface area contributed by atoms with E-state index in [2.05, 4.69) is 10.6 Å². The highest BCUT2D eigenvalue weighted by molar-refractivity contribution is 5.89. The maximum Gasteiger partial charge on any atom is 0.410 e. The molecule has 1 saturated heterocycles. The zero-order chi connectivity index (χ0) is 26.3. The van der Waals surface area contributed by atoms with Crippen LogP contribution in [-0.2, 0) is 30.2 Å². The lowest BCUT2D eigenvalue weighted by Crippen LogP contribution is -2.60. The van der Waals surface area contributed by atoms with Crippen molar-refractivity contribution in [1.82, 2.24) is 10.6 Å². The zero-order valence-corrected chi connectivity index (χ0v) is 20.1. The maximum atomic E-state index is 12.9. The van der Waals surface area contributed by atoms with Crippen LogP contribution in [0.1, 0.15) is 33.3 Å². The van der Waals surface area contributed by atoms with Crippen molar-refractivity contribution in [2.45, 2.75) is 82.5 Å². The lowest BCUT2D eigenvalue weighted by molar-refractivity contribution is -0.284. The molecule has 1 aromatic carbocycles. The third kappa shape index (κ3) is 8.44. The van der Waals surface area contributed by atoms with Crippen molar-refractivity contribution in [1.29, 1.82) is 0 Å². The number of hydrogen-bond acceptors (Lipinski definition) is 10. The number of ether oxygens (including phenoxy) is 3. The molecule has 0 spiro atoms.